The van der Waals surface area contributed by atoms with Gasteiger partial charge in [-0.1, -0.05) is 6.07 Å². The summed E-state index contributed by atoms with van der Waals surface area (Å²) in [5.74, 6) is 0. The lowest BCUT2D eigenvalue weighted by Crippen LogP contribution is -2.27. The molecule has 0 saturated heterocycles. The standard InChI is InChI=1S/C13H20N2S/c1-9-2-3-11(15)8-13(9)16-12-6-4-10(14)5-7-12/h2-3,8,10,12H,4-7,14-15H2,1H3. The molecule has 1 aromatic rings. The highest BCUT2D eigenvalue weighted by Crippen LogP contribution is 2.35. The van der Waals surface area contributed by atoms with Gasteiger partial charge in [-0.2, -0.15) is 0 Å². The van der Waals surface area contributed by atoms with Crippen LogP contribution in [0.3, 0.4) is 0 Å². The van der Waals surface area contributed by atoms with E-state index in [1.165, 1.54) is 36.1 Å². The van der Waals surface area contributed by atoms with Crippen molar-refractivity contribution in [1.29, 1.82) is 0 Å². The SMILES string of the molecule is Cc1ccc(N)cc1SC1CCC(N)CC1. The maximum absolute atomic E-state index is 5.92. The number of hydrogen-bond donors (Lipinski definition) is 2. The number of hydrogen-bond acceptors (Lipinski definition) is 3. The van der Waals surface area contributed by atoms with Crippen molar-refractivity contribution in [2.24, 2.45) is 5.73 Å². The van der Waals surface area contributed by atoms with Crippen molar-refractivity contribution < 1.29 is 0 Å². The van der Waals surface area contributed by atoms with Crippen LogP contribution >= 0.6 is 11.8 Å². The summed E-state index contributed by atoms with van der Waals surface area (Å²) in [5.41, 5.74) is 13.9. The molecule has 1 saturated carbocycles. The van der Waals surface area contributed by atoms with Crippen LogP contribution in [0, 0.1) is 6.92 Å². The van der Waals surface area contributed by atoms with Crippen molar-refractivity contribution in [3.8, 4) is 0 Å². The molecular formula is C13H20N2S. The van der Waals surface area contributed by atoms with E-state index in [1.807, 2.05) is 17.8 Å². The van der Waals surface area contributed by atoms with E-state index < -0.39 is 0 Å². The third-order valence-corrected chi connectivity index (χ3v) is 4.72. The van der Waals surface area contributed by atoms with Gasteiger partial charge in [-0.3, -0.25) is 0 Å². The summed E-state index contributed by atoms with van der Waals surface area (Å²) in [6, 6.07) is 6.59. The molecule has 88 valence electrons. The first-order valence-corrected chi connectivity index (χ1v) is 6.81. The molecule has 0 spiro atoms. The van der Waals surface area contributed by atoms with Crippen LogP contribution in [0.25, 0.3) is 0 Å². The van der Waals surface area contributed by atoms with Gasteiger partial charge in [0.25, 0.3) is 0 Å². The number of anilines is 1. The van der Waals surface area contributed by atoms with Crippen LogP contribution in [0.4, 0.5) is 5.69 Å². The Kier molecular flexibility index (Phi) is 3.77. The van der Waals surface area contributed by atoms with Gasteiger partial charge in [0.1, 0.15) is 0 Å². The summed E-state index contributed by atoms with van der Waals surface area (Å²) in [4.78, 5) is 1.33. The minimum absolute atomic E-state index is 0.429. The predicted octanol–water partition coefficient (Wildman–Crippen LogP) is 2.94. The molecule has 3 heteroatoms. The van der Waals surface area contributed by atoms with Crippen LogP contribution in [-0.2, 0) is 0 Å². The van der Waals surface area contributed by atoms with Crippen molar-refractivity contribution in [2.75, 3.05) is 5.73 Å². The second-order valence-electron chi connectivity index (χ2n) is 4.68. The smallest absolute Gasteiger partial charge is 0.0325 e. The lowest BCUT2D eigenvalue weighted by Gasteiger charge is -2.26. The lowest BCUT2D eigenvalue weighted by molar-refractivity contribution is 0.451. The first-order chi connectivity index (χ1) is 7.65. The largest absolute Gasteiger partial charge is 0.399 e. The third kappa shape index (κ3) is 2.92. The number of thioether (sulfide) groups is 1. The lowest BCUT2D eigenvalue weighted by atomic mass is 9.96. The third-order valence-electron chi connectivity index (χ3n) is 3.22. The first kappa shape index (κ1) is 11.8. The fourth-order valence-electron chi connectivity index (χ4n) is 2.13. The van der Waals surface area contributed by atoms with E-state index in [0.717, 1.165) is 10.9 Å². The van der Waals surface area contributed by atoms with E-state index in [4.69, 9.17) is 11.5 Å². The summed E-state index contributed by atoms with van der Waals surface area (Å²) in [6.45, 7) is 2.15. The minimum Gasteiger partial charge on any atom is -0.399 e. The molecule has 16 heavy (non-hydrogen) atoms. The van der Waals surface area contributed by atoms with Gasteiger partial charge < -0.3 is 11.5 Å². The fourth-order valence-corrected chi connectivity index (χ4v) is 3.45. The second kappa shape index (κ2) is 5.11. The Morgan fingerprint density at radius 3 is 2.56 bits per heavy atom. The molecule has 0 radical (unpaired) electrons. The quantitative estimate of drug-likeness (QED) is 0.776. The van der Waals surface area contributed by atoms with E-state index in [0.29, 0.717) is 6.04 Å². The van der Waals surface area contributed by atoms with Gasteiger partial charge in [0.15, 0.2) is 0 Å². The zero-order chi connectivity index (χ0) is 11.5. The maximum atomic E-state index is 5.92. The van der Waals surface area contributed by atoms with Crippen LogP contribution in [0.5, 0.6) is 0 Å². The predicted molar refractivity (Wildman–Crippen MR) is 71.7 cm³/mol. The van der Waals surface area contributed by atoms with Crippen molar-refractivity contribution >= 4 is 17.4 Å². The molecule has 1 aliphatic rings. The van der Waals surface area contributed by atoms with Gasteiger partial charge in [-0.25, -0.2) is 0 Å². The Labute approximate surface area is 102 Å². The Bertz CT molecular complexity index is 357. The van der Waals surface area contributed by atoms with Gasteiger partial charge in [0.05, 0.1) is 0 Å². The van der Waals surface area contributed by atoms with Crippen molar-refractivity contribution in [1.82, 2.24) is 0 Å². The van der Waals surface area contributed by atoms with E-state index in [1.54, 1.807) is 0 Å². The summed E-state index contributed by atoms with van der Waals surface area (Å²) in [6.07, 6.45) is 4.80. The molecule has 2 rings (SSSR count). The topological polar surface area (TPSA) is 52.0 Å². The first-order valence-electron chi connectivity index (χ1n) is 5.93. The zero-order valence-corrected chi connectivity index (χ0v) is 10.6. The number of nitrogens with two attached hydrogens (primary N) is 2. The highest BCUT2D eigenvalue weighted by Gasteiger charge is 2.19. The Morgan fingerprint density at radius 2 is 1.88 bits per heavy atom. The molecule has 0 amide bonds. The Morgan fingerprint density at radius 1 is 1.19 bits per heavy atom. The molecule has 1 aliphatic carbocycles. The monoisotopic (exact) mass is 236 g/mol. The van der Waals surface area contributed by atoms with E-state index in [9.17, 15) is 0 Å². The highest BCUT2D eigenvalue weighted by molar-refractivity contribution is 8.00. The van der Waals surface area contributed by atoms with Crippen LogP contribution in [0.2, 0.25) is 0 Å². The molecule has 0 bridgehead atoms. The molecule has 0 aliphatic heterocycles. The summed E-state index contributed by atoms with van der Waals surface area (Å²) >= 11 is 1.97. The second-order valence-corrected chi connectivity index (χ2v) is 6.02. The van der Waals surface area contributed by atoms with Crippen molar-refractivity contribution in [3.63, 3.8) is 0 Å². The van der Waals surface area contributed by atoms with Gasteiger partial charge in [0, 0.05) is 21.9 Å². The van der Waals surface area contributed by atoms with Gasteiger partial charge in [0.2, 0.25) is 0 Å². The summed E-state index contributed by atoms with van der Waals surface area (Å²) < 4.78 is 0. The Hall–Kier alpha value is -0.670. The molecule has 0 unspecified atom stereocenters. The average Bonchev–Trinajstić information content (AvgIpc) is 2.27. The van der Waals surface area contributed by atoms with E-state index in [-0.39, 0.29) is 0 Å². The normalized spacial score (nSPS) is 25.6. The summed E-state index contributed by atoms with van der Waals surface area (Å²) in [5, 5.41) is 0.722. The summed E-state index contributed by atoms with van der Waals surface area (Å²) in [7, 11) is 0. The zero-order valence-electron chi connectivity index (χ0n) is 9.78. The molecular weight excluding hydrogens is 216 g/mol. The molecule has 2 nitrogen and oxygen atoms in total. The van der Waals surface area contributed by atoms with Crippen LogP contribution in [0.15, 0.2) is 23.1 Å². The van der Waals surface area contributed by atoms with E-state index in [2.05, 4.69) is 19.1 Å². The number of rotatable bonds is 2. The maximum Gasteiger partial charge on any atom is 0.0325 e. The molecule has 1 aromatic carbocycles. The van der Waals surface area contributed by atoms with E-state index >= 15 is 0 Å². The highest BCUT2D eigenvalue weighted by atomic mass is 32.2. The number of aryl methyl sites for hydroxylation is 1. The van der Waals surface area contributed by atoms with Gasteiger partial charge in [-0.15, -0.1) is 11.8 Å². The van der Waals surface area contributed by atoms with Gasteiger partial charge in [-0.05, 0) is 50.3 Å². The molecule has 0 atom stereocenters. The van der Waals surface area contributed by atoms with Crippen LogP contribution in [0.1, 0.15) is 31.2 Å². The average molecular weight is 236 g/mol. The Balaban J connectivity index is 2.00. The fraction of sp³-hybridized carbons (Fsp3) is 0.538. The molecule has 1 fully saturated rings. The molecule has 0 heterocycles. The van der Waals surface area contributed by atoms with Crippen molar-refractivity contribution in [3.05, 3.63) is 23.8 Å². The van der Waals surface area contributed by atoms with Crippen LogP contribution in [-0.4, -0.2) is 11.3 Å². The molecule has 0 aromatic heterocycles. The van der Waals surface area contributed by atoms with Crippen molar-refractivity contribution in [2.45, 2.75) is 48.8 Å². The van der Waals surface area contributed by atoms with Crippen LogP contribution < -0.4 is 11.5 Å². The minimum atomic E-state index is 0.429. The molecule has 4 N–H and O–H groups in total. The number of nitrogen functional groups attached to an aromatic ring is 1. The van der Waals surface area contributed by atoms with Gasteiger partial charge >= 0.3 is 0 Å². The number of benzene rings is 1.